The van der Waals surface area contributed by atoms with Gasteiger partial charge < -0.3 is 30.1 Å². The number of nitriles is 1. The van der Waals surface area contributed by atoms with E-state index in [0.29, 0.717) is 6.42 Å². The molecule has 0 fully saturated rings. The van der Waals surface area contributed by atoms with Gasteiger partial charge >= 0.3 is 12.1 Å². The van der Waals surface area contributed by atoms with Crippen LogP contribution in [-0.4, -0.2) is 63.7 Å². The SMILES string of the molecule is CCC(C)C(NC(=O)OC(C)(C)C)C(=O)N(CC#N)C(C(=O)NC(Cc1ccccc1)C(=O)OC(C)(C)C)c1cccc(O)c1. The average Bonchev–Trinajstić information content (AvgIpc) is 2.93. The van der Waals surface area contributed by atoms with Crippen molar-refractivity contribution in [2.24, 2.45) is 5.92 Å². The van der Waals surface area contributed by atoms with E-state index in [4.69, 9.17) is 9.47 Å². The second kappa shape index (κ2) is 15.9. The molecule has 2 aromatic carbocycles. The molecule has 4 atom stereocenters. The summed E-state index contributed by atoms with van der Waals surface area (Å²) in [6.07, 6.45) is -0.256. The highest BCUT2D eigenvalue weighted by molar-refractivity contribution is 5.94. The number of benzene rings is 2. The predicted molar refractivity (Wildman–Crippen MR) is 169 cm³/mol. The molecule has 0 aliphatic rings. The first-order chi connectivity index (χ1) is 21.0. The van der Waals surface area contributed by atoms with Crippen LogP contribution in [0.5, 0.6) is 5.75 Å². The van der Waals surface area contributed by atoms with Gasteiger partial charge in [0.25, 0.3) is 0 Å². The van der Waals surface area contributed by atoms with Gasteiger partial charge in [-0.1, -0.05) is 62.7 Å². The number of carbonyl (C=O) groups is 4. The summed E-state index contributed by atoms with van der Waals surface area (Å²) in [6.45, 7) is 13.3. The quantitative estimate of drug-likeness (QED) is 0.225. The molecule has 4 unspecified atom stereocenters. The molecule has 3 amide bonds. The van der Waals surface area contributed by atoms with Crippen molar-refractivity contribution < 1.29 is 33.8 Å². The second-order valence-corrected chi connectivity index (χ2v) is 12.9. The number of nitrogens with zero attached hydrogens (tertiary/aromatic N) is 2. The first-order valence-corrected chi connectivity index (χ1v) is 15.0. The van der Waals surface area contributed by atoms with Crippen LogP contribution in [0, 0.1) is 17.2 Å². The van der Waals surface area contributed by atoms with E-state index in [-0.39, 0.29) is 17.7 Å². The Labute approximate surface area is 265 Å². The third kappa shape index (κ3) is 11.8. The van der Waals surface area contributed by atoms with Gasteiger partial charge in [0.15, 0.2) is 0 Å². The lowest BCUT2D eigenvalue weighted by Gasteiger charge is -2.35. The summed E-state index contributed by atoms with van der Waals surface area (Å²) in [5, 5.41) is 25.5. The van der Waals surface area contributed by atoms with Crippen LogP contribution in [0.4, 0.5) is 4.79 Å². The number of aromatic hydroxyl groups is 1. The van der Waals surface area contributed by atoms with Crippen LogP contribution < -0.4 is 10.6 Å². The maximum atomic E-state index is 14.2. The third-order valence-corrected chi connectivity index (χ3v) is 6.71. The Morgan fingerprint density at radius 3 is 2.09 bits per heavy atom. The maximum absolute atomic E-state index is 14.2. The molecule has 0 radical (unpaired) electrons. The van der Waals surface area contributed by atoms with Crippen LogP contribution in [0.15, 0.2) is 54.6 Å². The molecule has 0 aliphatic heterocycles. The van der Waals surface area contributed by atoms with Crippen LogP contribution >= 0.6 is 0 Å². The van der Waals surface area contributed by atoms with Gasteiger partial charge in [0.05, 0.1) is 6.07 Å². The lowest BCUT2D eigenvalue weighted by Crippen LogP contribution is -2.56. The third-order valence-electron chi connectivity index (χ3n) is 6.71. The second-order valence-electron chi connectivity index (χ2n) is 12.9. The van der Waals surface area contributed by atoms with Gasteiger partial charge in [0.1, 0.15) is 41.6 Å². The number of ether oxygens (including phenoxy) is 2. The summed E-state index contributed by atoms with van der Waals surface area (Å²) in [4.78, 5) is 55.6. The Hall–Kier alpha value is -4.59. The highest BCUT2D eigenvalue weighted by Crippen LogP contribution is 2.27. The highest BCUT2D eigenvalue weighted by Gasteiger charge is 2.39. The van der Waals surface area contributed by atoms with Gasteiger partial charge in [0, 0.05) is 6.42 Å². The summed E-state index contributed by atoms with van der Waals surface area (Å²) in [7, 11) is 0. The van der Waals surface area contributed by atoms with Gasteiger partial charge in [-0.15, -0.1) is 0 Å². The smallest absolute Gasteiger partial charge is 0.408 e. The number of carbonyl (C=O) groups excluding carboxylic acids is 4. The van der Waals surface area contributed by atoms with Crippen molar-refractivity contribution in [1.29, 1.82) is 5.26 Å². The fourth-order valence-electron chi connectivity index (χ4n) is 4.50. The summed E-state index contributed by atoms with van der Waals surface area (Å²) in [6, 6.07) is 13.0. The van der Waals surface area contributed by atoms with E-state index in [9.17, 15) is 29.5 Å². The van der Waals surface area contributed by atoms with E-state index in [1.54, 1.807) is 72.7 Å². The molecule has 0 saturated heterocycles. The summed E-state index contributed by atoms with van der Waals surface area (Å²) < 4.78 is 11.0. The Bertz CT molecular complexity index is 1360. The number of nitrogens with one attached hydrogen (secondary N) is 2. The number of phenolic OH excluding ortho intramolecular Hbond substituents is 1. The Morgan fingerprint density at radius 1 is 0.933 bits per heavy atom. The molecule has 2 rings (SSSR count). The van der Waals surface area contributed by atoms with Crippen molar-refractivity contribution in [2.45, 2.75) is 97.6 Å². The summed E-state index contributed by atoms with van der Waals surface area (Å²) >= 11 is 0. The van der Waals surface area contributed by atoms with Crippen molar-refractivity contribution in [3.63, 3.8) is 0 Å². The number of hydrogen-bond donors (Lipinski definition) is 3. The highest BCUT2D eigenvalue weighted by atomic mass is 16.6. The lowest BCUT2D eigenvalue weighted by atomic mass is 9.95. The molecule has 0 spiro atoms. The molecule has 0 saturated carbocycles. The van der Waals surface area contributed by atoms with Crippen molar-refractivity contribution in [3.8, 4) is 11.8 Å². The lowest BCUT2D eigenvalue weighted by molar-refractivity contribution is -0.159. The summed E-state index contributed by atoms with van der Waals surface area (Å²) in [5.74, 6) is -2.76. The molecule has 11 heteroatoms. The van der Waals surface area contributed by atoms with Crippen molar-refractivity contribution in [2.75, 3.05) is 6.54 Å². The Balaban J connectivity index is 2.60. The molecule has 0 aromatic heterocycles. The van der Waals surface area contributed by atoms with E-state index < -0.39 is 65.7 Å². The van der Waals surface area contributed by atoms with Gasteiger partial charge in [-0.3, -0.25) is 9.59 Å². The minimum absolute atomic E-state index is 0.0934. The molecule has 0 aliphatic carbocycles. The van der Waals surface area contributed by atoms with Crippen LogP contribution in [-0.2, 0) is 30.3 Å². The Morgan fingerprint density at radius 2 is 1.56 bits per heavy atom. The average molecular weight is 623 g/mol. The zero-order valence-corrected chi connectivity index (χ0v) is 27.4. The van der Waals surface area contributed by atoms with Crippen molar-refractivity contribution >= 4 is 23.9 Å². The molecule has 0 bridgehead atoms. The van der Waals surface area contributed by atoms with Crippen LogP contribution in [0.25, 0.3) is 0 Å². The minimum atomic E-state index is -1.46. The normalized spacial score (nSPS) is 14.1. The number of alkyl carbamates (subject to hydrolysis) is 1. The molecule has 244 valence electrons. The van der Waals surface area contributed by atoms with E-state index >= 15 is 0 Å². The monoisotopic (exact) mass is 622 g/mol. The number of hydrogen-bond acceptors (Lipinski definition) is 8. The van der Waals surface area contributed by atoms with Gasteiger partial charge in [-0.25, -0.2) is 9.59 Å². The first kappa shape index (κ1) is 36.6. The van der Waals surface area contributed by atoms with Crippen LogP contribution in [0.1, 0.15) is 79.0 Å². The van der Waals surface area contributed by atoms with E-state index in [1.165, 1.54) is 24.3 Å². The molecular formula is C34H46N4O7. The molecule has 0 heterocycles. The fraction of sp³-hybridized carbons (Fsp3) is 0.500. The number of esters is 1. The van der Waals surface area contributed by atoms with E-state index in [0.717, 1.165) is 10.5 Å². The van der Waals surface area contributed by atoms with E-state index in [2.05, 4.69) is 10.6 Å². The molecule has 3 N–H and O–H groups in total. The van der Waals surface area contributed by atoms with Gasteiger partial charge in [-0.05, 0) is 70.7 Å². The number of amides is 3. The van der Waals surface area contributed by atoms with Crippen molar-refractivity contribution in [3.05, 3.63) is 65.7 Å². The zero-order chi connectivity index (χ0) is 33.9. The van der Waals surface area contributed by atoms with Gasteiger partial charge in [-0.2, -0.15) is 5.26 Å². The Kier molecular flexibility index (Phi) is 13.0. The zero-order valence-electron chi connectivity index (χ0n) is 27.4. The van der Waals surface area contributed by atoms with Crippen molar-refractivity contribution in [1.82, 2.24) is 15.5 Å². The topological polar surface area (TPSA) is 158 Å². The van der Waals surface area contributed by atoms with Crippen LogP contribution in [0.3, 0.4) is 0 Å². The molecular weight excluding hydrogens is 576 g/mol. The summed E-state index contributed by atoms with van der Waals surface area (Å²) in [5.41, 5.74) is -0.732. The molecule has 45 heavy (non-hydrogen) atoms. The maximum Gasteiger partial charge on any atom is 0.408 e. The number of rotatable bonds is 12. The van der Waals surface area contributed by atoms with E-state index in [1.807, 2.05) is 19.1 Å². The standard InChI is InChI=1S/C34H46N4O7/c1-9-22(2)27(37-32(43)45-34(6,7)8)30(41)38(19-18-35)28(24-16-13-17-25(39)21-24)29(40)36-26(31(42)44-33(3,4)5)20-23-14-11-10-12-15-23/h10-17,21-22,26-28,39H,9,19-20H2,1-8H3,(H,36,40)(H,37,43). The minimum Gasteiger partial charge on any atom is -0.508 e. The fourth-order valence-corrected chi connectivity index (χ4v) is 4.50. The predicted octanol–water partition coefficient (Wildman–Crippen LogP) is 4.79. The first-order valence-electron chi connectivity index (χ1n) is 15.0. The van der Waals surface area contributed by atoms with Gasteiger partial charge in [0.2, 0.25) is 11.8 Å². The van der Waals surface area contributed by atoms with Crippen LogP contribution in [0.2, 0.25) is 0 Å². The molecule has 11 nitrogen and oxygen atoms in total. The largest absolute Gasteiger partial charge is 0.508 e. The number of phenols is 1. The molecule has 2 aromatic rings.